The average Bonchev–Trinajstić information content (AvgIpc) is 3.35. The van der Waals surface area contributed by atoms with Crippen LogP contribution in [0.25, 0.3) is 0 Å². The molecule has 0 aliphatic rings. The van der Waals surface area contributed by atoms with Crippen molar-refractivity contribution >= 4 is 19.8 Å². The molecule has 0 heterocycles. The van der Waals surface area contributed by atoms with Crippen LogP contribution in [0.2, 0.25) is 0 Å². The molecule has 9 nitrogen and oxygen atoms in total. The second kappa shape index (κ2) is 57.0. The molecular formula is C60H118NO8P. The number of nitrogens with two attached hydrogens (primary N) is 1. The fourth-order valence-corrected chi connectivity index (χ4v) is 10.1. The number of carbonyl (C=O) groups is 2. The van der Waals surface area contributed by atoms with Crippen molar-refractivity contribution in [2.24, 2.45) is 5.73 Å². The molecule has 0 saturated carbocycles. The van der Waals surface area contributed by atoms with E-state index in [-0.39, 0.29) is 38.6 Å². The third-order valence-electron chi connectivity index (χ3n) is 13.9. The van der Waals surface area contributed by atoms with Crippen molar-refractivity contribution in [1.29, 1.82) is 0 Å². The molecule has 2 unspecified atom stereocenters. The molecule has 0 saturated heterocycles. The standard InChI is InChI=1S/C60H118NO8P/c1-3-5-7-9-11-13-15-17-19-20-21-22-23-24-25-26-27-28-29-30-31-32-33-34-35-36-37-38-39-41-43-45-47-49-51-53-60(63)69-58(57-68-70(64,65)67-55-54-61)56-66-59(62)52-50-48-46-44-42-40-18-16-14-12-10-8-6-4-2/h20-21,58H,3-19,22-57,61H2,1-2H3,(H,64,65)/b21-20-. The van der Waals surface area contributed by atoms with Gasteiger partial charge in [-0.05, 0) is 38.5 Å². The molecule has 10 heteroatoms. The van der Waals surface area contributed by atoms with Crippen LogP contribution >= 0.6 is 7.82 Å². The summed E-state index contributed by atoms with van der Waals surface area (Å²) in [7, 11) is -4.38. The maximum atomic E-state index is 12.7. The molecule has 0 fully saturated rings. The molecule has 0 rings (SSSR count). The fraction of sp³-hybridized carbons (Fsp3) is 0.933. The number of phosphoric ester groups is 1. The summed E-state index contributed by atoms with van der Waals surface area (Å²) in [5, 5.41) is 0. The van der Waals surface area contributed by atoms with Crippen LogP contribution in [0, 0.1) is 0 Å². The number of esters is 2. The first-order chi connectivity index (χ1) is 34.3. The minimum Gasteiger partial charge on any atom is -0.462 e. The van der Waals surface area contributed by atoms with Gasteiger partial charge in [-0.2, -0.15) is 0 Å². The third-order valence-corrected chi connectivity index (χ3v) is 14.9. The van der Waals surface area contributed by atoms with E-state index in [1.54, 1.807) is 0 Å². The quantitative estimate of drug-likeness (QED) is 0.0264. The van der Waals surface area contributed by atoms with Crippen LogP contribution in [0.1, 0.15) is 328 Å². The van der Waals surface area contributed by atoms with E-state index in [0.29, 0.717) is 6.42 Å². The minimum absolute atomic E-state index is 0.0577. The first kappa shape index (κ1) is 68.8. The zero-order chi connectivity index (χ0) is 51.0. The van der Waals surface area contributed by atoms with Gasteiger partial charge in [0.05, 0.1) is 13.2 Å². The highest BCUT2D eigenvalue weighted by Crippen LogP contribution is 2.43. The lowest BCUT2D eigenvalue weighted by Gasteiger charge is -2.19. The fourth-order valence-electron chi connectivity index (χ4n) is 9.34. The van der Waals surface area contributed by atoms with Gasteiger partial charge in [-0.25, -0.2) is 4.57 Å². The highest BCUT2D eigenvalue weighted by molar-refractivity contribution is 7.47. The zero-order valence-electron chi connectivity index (χ0n) is 46.5. The largest absolute Gasteiger partial charge is 0.472 e. The van der Waals surface area contributed by atoms with Gasteiger partial charge in [-0.3, -0.25) is 18.6 Å². The zero-order valence-corrected chi connectivity index (χ0v) is 47.4. The van der Waals surface area contributed by atoms with Crippen molar-refractivity contribution in [2.45, 2.75) is 335 Å². The molecule has 0 bridgehead atoms. The van der Waals surface area contributed by atoms with Crippen LogP contribution < -0.4 is 5.73 Å². The van der Waals surface area contributed by atoms with Gasteiger partial charge >= 0.3 is 19.8 Å². The van der Waals surface area contributed by atoms with E-state index in [9.17, 15) is 19.0 Å². The van der Waals surface area contributed by atoms with E-state index in [2.05, 4.69) is 26.0 Å². The van der Waals surface area contributed by atoms with E-state index in [0.717, 1.165) is 32.1 Å². The number of rotatable bonds is 59. The van der Waals surface area contributed by atoms with Crippen LogP contribution in [-0.2, 0) is 32.7 Å². The van der Waals surface area contributed by atoms with E-state index in [1.165, 1.54) is 263 Å². The first-order valence-electron chi connectivity index (χ1n) is 30.7. The highest BCUT2D eigenvalue weighted by Gasteiger charge is 2.26. The molecule has 0 aromatic carbocycles. The van der Waals surface area contributed by atoms with E-state index < -0.39 is 26.5 Å². The second-order valence-electron chi connectivity index (χ2n) is 20.9. The molecule has 0 amide bonds. The Balaban J connectivity index is 3.77. The van der Waals surface area contributed by atoms with Crippen molar-refractivity contribution < 1.29 is 37.6 Å². The Bertz CT molecular complexity index is 1150. The van der Waals surface area contributed by atoms with E-state index >= 15 is 0 Å². The normalized spacial score (nSPS) is 13.0. The number of phosphoric acid groups is 1. The topological polar surface area (TPSA) is 134 Å². The summed E-state index contributed by atoms with van der Waals surface area (Å²) in [5.41, 5.74) is 5.38. The van der Waals surface area contributed by atoms with Gasteiger partial charge in [0.2, 0.25) is 0 Å². The van der Waals surface area contributed by atoms with Crippen molar-refractivity contribution in [1.82, 2.24) is 0 Å². The third kappa shape index (κ3) is 56.1. The predicted molar refractivity (Wildman–Crippen MR) is 298 cm³/mol. The van der Waals surface area contributed by atoms with Gasteiger partial charge in [-0.15, -0.1) is 0 Å². The Kier molecular flexibility index (Phi) is 56.0. The maximum absolute atomic E-state index is 12.7. The van der Waals surface area contributed by atoms with Crippen LogP contribution in [0.15, 0.2) is 12.2 Å². The molecule has 0 aromatic heterocycles. The lowest BCUT2D eigenvalue weighted by molar-refractivity contribution is -0.161. The summed E-state index contributed by atoms with van der Waals surface area (Å²) in [6, 6.07) is 0. The molecule has 0 aromatic rings. The average molecular weight is 1010 g/mol. The van der Waals surface area contributed by atoms with E-state index in [4.69, 9.17) is 24.3 Å². The predicted octanol–water partition coefficient (Wildman–Crippen LogP) is 19.2. The van der Waals surface area contributed by atoms with Gasteiger partial charge in [0.1, 0.15) is 6.61 Å². The SMILES string of the molecule is CCCCCCCCCC/C=C\CCCCCCCCCCCCCCCCCCCCCCCCCC(=O)OC(COC(=O)CCCCCCCCCCCCCCCC)COP(=O)(O)OCCN. The number of ether oxygens (including phenoxy) is 2. The lowest BCUT2D eigenvalue weighted by atomic mass is 10.0. The molecule has 0 spiro atoms. The van der Waals surface area contributed by atoms with Crippen LogP contribution in [0.5, 0.6) is 0 Å². The highest BCUT2D eigenvalue weighted by atomic mass is 31.2. The van der Waals surface area contributed by atoms with Crippen molar-refractivity contribution in [2.75, 3.05) is 26.4 Å². The molecule has 2 atom stereocenters. The summed E-state index contributed by atoms with van der Waals surface area (Å²) in [6.45, 7) is 3.80. The number of hydrogen-bond acceptors (Lipinski definition) is 8. The number of hydrogen-bond donors (Lipinski definition) is 2. The van der Waals surface area contributed by atoms with Crippen molar-refractivity contribution in [3.8, 4) is 0 Å². The Morgan fingerprint density at radius 2 is 0.700 bits per heavy atom. The number of allylic oxidation sites excluding steroid dienone is 2. The molecule has 70 heavy (non-hydrogen) atoms. The molecule has 3 N–H and O–H groups in total. The monoisotopic (exact) mass is 1010 g/mol. The Morgan fingerprint density at radius 1 is 0.414 bits per heavy atom. The van der Waals surface area contributed by atoms with Gasteiger partial charge in [0.15, 0.2) is 6.10 Å². The summed E-state index contributed by atoms with van der Waals surface area (Å²) in [6.07, 6.45) is 65.9. The lowest BCUT2D eigenvalue weighted by Crippen LogP contribution is -2.29. The van der Waals surface area contributed by atoms with Crippen LogP contribution in [-0.4, -0.2) is 49.3 Å². The molecule has 416 valence electrons. The number of carbonyl (C=O) groups excluding carboxylic acids is 2. The summed E-state index contributed by atoms with van der Waals surface area (Å²) in [4.78, 5) is 35.1. The smallest absolute Gasteiger partial charge is 0.462 e. The minimum atomic E-state index is -4.38. The van der Waals surface area contributed by atoms with Crippen LogP contribution in [0.3, 0.4) is 0 Å². The molecule has 0 radical (unpaired) electrons. The van der Waals surface area contributed by atoms with Crippen molar-refractivity contribution in [3.63, 3.8) is 0 Å². The summed E-state index contributed by atoms with van der Waals surface area (Å²) >= 11 is 0. The van der Waals surface area contributed by atoms with Gasteiger partial charge in [0.25, 0.3) is 0 Å². The van der Waals surface area contributed by atoms with Gasteiger partial charge < -0.3 is 20.1 Å². The van der Waals surface area contributed by atoms with Gasteiger partial charge in [0, 0.05) is 19.4 Å². The van der Waals surface area contributed by atoms with Gasteiger partial charge in [-0.1, -0.05) is 289 Å². The Labute approximate surface area is 434 Å². The molecule has 0 aliphatic heterocycles. The summed E-state index contributed by atoms with van der Waals surface area (Å²) < 4.78 is 33.0. The maximum Gasteiger partial charge on any atom is 0.472 e. The Morgan fingerprint density at radius 3 is 1.01 bits per heavy atom. The van der Waals surface area contributed by atoms with Crippen molar-refractivity contribution in [3.05, 3.63) is 12.2 Å². The second-order valence-corrected chi connectivity index (χ2v) is 22.4. The Hall–Kier alpha value is -1.25. The first-order valence-corrected chi connectivity index (χ1v) is 32.2. The van der Waals surface area contributed by atoms with Crippen LogP contribution in [0.4, 0.5) is 0 Å². The molecular weight excluding hydrogens is 894 g/mol. The number of unbranched alkanes of at least 4 members (excludes halogenated alkanes) is 44. The van der Waals surface area contributed by atoms with E-state index in [1.807, 2.05) is 0 Å². The summed E-state index contributed by atoms with van der Waals surface area (Å²) in [5.74, 6) is -0.806. The molecule has 0 aliphatic carbocycles.